The maximum Gasteiger partial charge on any atom is 0.453 e. The van der Waals surface area contributed by atoms with Crippen molar-refractivity contribution >= 4 is 0 Å². The fraction of sp³-hybridized carbons (Fsp3) is 0.538. The average Bonchev–Trinajstić information content (AvgIpc) is 2.36. The lowest BCUT2D eigenvalue weighted by molar-refractivity contribution is -0.291. The van der Waals surface area contributed by atoms with Gasteiger partial charge in [-0.25, -0.2) is 0 Å². The lowest BCUT2D eigenvalue weighted by Crippen LogP contribution is -2.38. The number of halogens is 5. The van der Waals surface area contributed by atoms with Crippen LogP contribution in [0.1, 0.15) is 25.0 Å². The molecule has 0 amide bonds. The highest BCUT2D eigenvalue weighted by Gasteiger charge is 2.58. The van der Waals surface area contributed by atoms with Crippen LogP contribution in [0.25, 0.3) is 0 Å². The Hall–Kier alpha value is -1.37. The van der Waals surface area contributed by atoms with Gasteiger partial charge >= 0.3 is 12.1 Å². The van der Waals surface area contributed by atoms with Crippen molar-refractivity contribution in [1.29, 1.82) is 0 Å². The van der Waals surface area contributed by atoms with Crippen LogP contribution in [0.3, 0.4) is 0 Å². The number of hydrogen-bond acceptors (Lipinski definition) is 2. The smallest absolute Gasteiger partial charge is 0.453 e. The van der Waals surface area contributed by atoms with E-state index in [4.69, 9.17) is 9.47 Å². The topological polar surface area (TPSA) is 18.5 Å². The Morgan fingerprint density at radius 3 is 2.00 bits per heavy atom. The lowest BCUT2D eigenvalue weighted by atomic mass is 10.0. The van der Waals surface area contributed by atoms with Crippen LogP contribution >= 0.6 is 0 Å². The molecule has 20 heavy (non-hydrogen) atoms. The van der Waals surface area contributed by atoms with Crippen LogP contribution in [-0.4, -0.2) is 25.8 Å². The van der Waals surface area contributed by atoms with Gasteiger partial charge in [-0.15, -0.1) is 0 Å². The number of ether oxygens (including phenoxy) is 2. The normalized spacial score (nSPS) is 14.2. The summed E-state index contributed by atoms with van der Waals surface area (Å²) in [6.07, 6.45) is -8.39. The van der Waals surface area contributed by atoms with Gasteiger partial charge in [-0.1, -0.05) is 12.1 Å². The minimum absolute atomic E-state index is 0.236. The van der Waals surface area contributed by atoms with Gasteiger partial charge in [0.05, 0.1) is 19.1 Å². The van der Waals surface area contributed by atoms with Crippen LogP contribution in [0.15, 0.2) is 24.3 Å². The summed E-state index contributed by atoms with van der Waals surface area (Å²) in [5.41, 5.74) is 0.236. The van der Waals surface area contributed by atoms with Gasteiger partial charge in [0.1, 0.15) is 5.75 Å². The van der Waals surface area contributed by atoms with Crippen LogP contribution in [-0.2, 0) is 4.74 Å². The highest BCUT2D eigenvalue weighted by atomic mass is 19.4. The first-order valence-electron chi connectivity index (χ1n) is 5.91. The van der Waals surface area contributed by atoms with E-state index in [9.17, 15) is 22.0 Å². The Kier molecular flexibility index (Phi) is 5.33. The van der Waals surface area contributed by atoms with E-state index in [0.29, 0.717) is 12.4 Å². The Morgan fingerprint density at radius 2 is 1.60 bits per heavy atom. The second-order valence-electron chi connectivity index (χ2n) is 4.13. The zero-order valence-electron chi connectivity index (χ0n) is 11.0. The van der Waals surface area contributed by atoms with Crippen molar-refractivity contribution in [3.8, 4) is 5.75 Å². The van der Waals surface area contributed by atoms with Crippen molar-refractivity contribution < 1.29 is 31.4 Å². The van der Waals surface area contributed by atoms with Crippen molar-refractivity contribution in [2.24, 2.45) is 0 Å². The third-order valence-electron chi connectivity index (χ3n) is 2.70. The maximum atomic E-state index is 13.0. The molecule has 1 unspecified atom stereocenters. The first-order valence-corrected chi connectivity index (χ1v) is 5.91. The van der Waals surface area contributed by atoms with Gasteiger partial charge in [0.15, 0.2) is 0 Å². The number of benzene rings is 1. The zero-order chi connectivity index (χ0) is 15.4. The van der Waals surface area contributed by atoms with E-state index < -0.39 is 24.6 Å². The molecule has 2 nitrogen and oxygen atoms in total. The fourth-order valence-corrected chi connectivity index (χ4v) is 1.63. The Morgan fingerprint density at radius 1 is 1.05 bits per heavy atom. The summed E-state index contributed by atoms with van der Waals surface area (Å²) in [7, 11) is 1.09. The van der Waals surface area contributed by atoms with Gasteiger partial charge in [-0.05, 0) is 24.6 Å². The molecule has 0 N–H and O–H groups in total. The SMILES string of the molecule is CCOc1ccc(C(CC(F)(F)C(F)(F)F)OC)cc1. The summed E-state index contributed by atoms with van der Waals surface area (Å²) in [6, 6.07) is 5.81. The van der Waals surface area contributed by atoms with E-state index in [1.165, 1.54) is 24.3 Å². The van der Waals surface area contributed by atoms with Gasteiger partial charge in [-0.3, -0.25) is 0 Å². The summed E-state index contributed by atoms with van der Waals surface area (Å²) in [5.74, 6) is -4.29. The third-order valence-corrected chi connectivity index (χ3v) is 2.70. The molecule has 0 aliphatic rings. The highest BCUT2D eigenvalue weighted by molar-refractivity contribution is 5.28. The molecule has 1 atom stereocenters. The van der Waals surface area contributed by atoms with Gasteiger partial charge in [0, 0.05) is 7.11 Å². The van der Waals surface area contributed by atoms with E-state index in [0.717, 1.165) is 7.11 Å². The van der Waals surface area contributed by atoms with Gasteiger partial charge in [0.25, 0.3) is 0 Å². The quantitative estimate of drug-likeness (QED) is 0.726. The van der Waals surface area contributed by atoms with Crippen molar-refractivity contribution in [3.63, 3.8) is 0 Å². The monoisotopic (exact) mass is 298 g/mol. The molecule has 0 fully saturated rings. The number of alkyl halides is 5. The van der Waals surface area contributed by atoms with Gasteiger partial charge < -0.3 is 9.47 Å². The van der Waals surface area contributed by atoms with Crippen LogP contribution in [0.5, 0.6) is 5.75 Å². The molecule has 0 bridgehead atoms. The maximum absolute atomic E-state index is 13.0. The minimum atomic E-state index is -5.59. The van der Waals surface area contributed by atoms with E-state index in [1.54, 1.807) is 6.92 Å². The number of hydrogen-bond donors (Lipinski definition) is 0. The fourth-order valence-electron chi connectivity index (χ4n) is 1.63. The lowest BCUT2D eigenvalue weighted by Gasteiger charge is -2.24. The first kappa shape index (κ1) is 16.7. The average molecular weight is 298 g/mol. The molecule has 0 heterocycles. The number of rotatable bonds is 6. The van der Waals surface area contributed by atoms with Crippen molar-refractivity contribution in [2.75, 3.05) is 13.7 Å². The molecule has 1 rings (SSSR count). The van der Waals surface area contributed by atoms with Crippen LogP contribution < -0.4 is 4.74 Å². The van der Waals surface area contributed by atoms with Gasteiger partial charge in [-0.2, -0.15) is 22.0 Å². The molecular formula is C13H15F5O2. The zero-order valence-corrected chi connectivity index (χ0v) is 11.0. The predicted molar refractivity (Wildman–Crippen MR) is 63.0 cm³/mol. The second-order valence-corrected chi connectivity index (χ2v) is 4.13. The molecule has 0 aliphatic heterocycles. The summed E-state index contributed by atoms with van der Waals surface area (Å²) < 4.78 is 72.5. The molecular weight excluding hydrogens is 283 g/mol. The molecule has 0 radical (unpaired) electrons. The molecule has 1 aromatic rings. The van der Waals surface area contributed by atoms with Crippen molar-refractivity contribution in [3.05, 3.63) is 29.8 Å². The minimum Gasteiger partial charge on any atom is -0.494 e. The van der Waals surface area contributed by atoms with Crippen LogP contribution in [0, 0.1) is 0 Å². The van der Waals surface area contributed by atoms with Crippen LogP contribution in [0.2, 0.25) is 0 Å². The molecule has 0 saturated heterocycles. The molecule has 0 saturated carbocycles. The Balaban J connectivity index is 2.86. The standard InChI is InChI=1S/C13H15F5O2/c1-3-20-10-6-4-9(5-7-10)11(19-2)8-12(14,15)13(16,17)18/h4-7,11H,3,8H2,1-2H3. The summed E-state index contributed by atoms with van der Waals surface area (Å²) in [6.45, 7) is 2.20. The highest BCUT2D eigenvalue weighted by Crippen LogP contribution is 2.42. The molecule has 114 valence electrons. The molecule has 7 heteroatoms. The van der Waals surface area contributed by atoms with Crippen molar-refractivity contribution in [1.82, 2.24) is 0 Å². The number of methoxy groups -OCH3 is 1. The largest absolute Gasteiger partial charge is 0.494 e. The van der Waals surface area contributed by atoms with Crippen molar-refractivity contribution in [2.45, 2.75) is 31.5 Å². The summed E-state index contributed by atoms with van der Waals surface area (Å²) >= 11 is 0. The van der Waals surface area contributed by atoms with E-state index in [1.807, 2.05) is 0 Å². The Bertz CT molecular complexity index is 414. The first-order chi connectivity index (χ1) is 9.21. The van der Waals surface area contributed by atoms with Crippen LogP contribution in [0.4, 0.5) is 22.0 Å². The van der Waals surface area contributed by atoms with E-state index in [2.05, 4.69) is 0 Å². The summed E-state index contributed by atoms with van der Waals surface area (Å²) in [4.78, 5) is 0. The summed E-state index contributed by atoms with van der Waals surface area (Å²) in [5, 5.41) is 0. The molecule has 0 aliphatic carbocycles. The predicted octanol–water partition coefficient (Wildman–Crippen LogP) is 4.36. The van der Waals surface area contributed by atoms with Gasteiger partial charge in [0.2, 0.25) is 0 Å². The molecule has 0 aromatic heterocycles. The third kappa shape index (κ3) is 4.06. The van der Waals surface area contributed by atoms with E-state index in [-0.39, 0.29) is 5.56 Å². The van der Waals surface area contributed by atoms with E-state index >= 15 is 0 Å². The Labute approximate surface area is 113 Å². The molecule has 0 spiro atoms. The second kappa shape index (κ2) is 6.39. The molecule has 1 aromatic carbocycles.